The molecule has 25 heavy (non-hydrogen) atoms. The van der Waals surface area contributed by atoms with Crippen LogP contribution in [-0.2, 0) is 0 Å². The number of nitrogens with zero attached hydrogens (tertiary/aromatic N) is 4. The van der Waals surface area contributed by atoms with Crippen LogP contribution in [0.4, 0.5) is 5.82 Å². The number of fused-ring (bicyclic) bond motifs is 2. The number of aromatic nitrogens is 3. The molecule has 4 heterocycles. The quantitative estimate of drug-likeness (QED) is 0.771. The highest BCUT2D eigenvalue weighted by Crippen LogP contribution is 2.36. The van der Waals surface area contributed by atoms with Crippen LogP contribution in [0.3, 0.4) is 0 Å². The predicted molar refractivity (Wildman–Crippen MR) is 92.0 cm³/mol. The van der Waals surface area contributed by atoms with Gasteiger partial charge in [0.1, 0.15) is 5.52 Å². The molecule has 128 valence electrons. The Balaban J connectivity index is 1.54. The second kappa shape index (κ2) is 5.63. The number of hydrogen-bond donors (Lipinski definition) is 1. The fourth-order valence-electron chi connectivity index (χ4n) is 3.43. The molecule has 2 aliphatic rings. The van der Waals surface area contributed by atoms with Crippen molar-refractivity contribution in [2.24, 2.45) is 0 Å². The van der Waals surface area contributed by atoms with Gasteiger partial charge < -0.3 is 19.5 Å². The SMILES string of the molecule is OC1CCN(c2nccn3nc(-c4ccc5c(c4)OCO5)cc23)CC1. The van der Waals surface area contributed by atoms with E-state index in [-0.39, 0.29) is 12.9 Å². The lowest BCUT2D eigenvalue weighted by molar-refractivity contribution is 0.145. The van der Waals surface area contributed by atoms with Crippen molar-refractivity contribution in [1.82, 2.24) is 14.6 Å². The van der Waals surface area contributed by atoms with Gasteiger partial charge >= 0.3 is 0 Å². The maximum absolute atomic E-state index is 9.73. The van der Waals surface area contributed by atoms with Gasteiger partial charge in [0.15, 0.2) is 17.3 Å². The Kier molecular flexibility index (Phi) is 3.27. The molecular weight excluding hydrogens is 320 g/mol. The molecule has 1 N–H and O–H groups in total. The Hall–Kier alpha value is -2.80. The summed E-state index contributed by atoms with van der Waals surface area (Å²) in [5, 5.41) is 14.4. The van der Waals surface area contributed by atoms with E-state index in [0.29, 0.717) is 0 Å². The Bertz CT molecular complexity index is 931. The molecule has 0 aliphatic carbocycles. The van der Waals surface area contributed by atoms with E-state index in [1.54, 1.807) is 6.20 Å². The maximum atomic E-state index is 9.73. The van der Waals surface area contributed by atoms with Crippen LogP contribution in [0.15, 0.2) is 36.7 Å². The summed E-state index contributed by atoms with van der Waals surface area (Å²) in [5.41, 5.74) is 2.81. The van der Waals surface area contributed by atoms with Crippen molar-refractivity contribution in [3.8, 4) is 22.8 Å². The molecule has 0 unspecified atom stereocenters. The number of benzene rings is 1. The highest BCUT2D eigenvalue weighted by molar-refractivity contribution is 5.76. The molecule has 0 bridgehead atoms. The lowest BCUT2D eigenvalue weighted by Gasteiger charge is -2.30. The van der Waals surface area contributed by atoms with Crippen LogP contribution >= 0.6 is 0 Å². The molecule has 1 fully saturated rings. The maximum Gasteiger partial charge on any atom is 0.231 e. The van der Waals surface area contributed by atoms with Gasteiger partial charge in [-0.05, 0) is 37.1 Å². The molecule has 1 aromatic carbocycles. The van der Waals surface area contributed by atoms with E-state index < -0.39 is 0 Å². The third-order valence-electron chi connectivity index (χ3n) is 4.80. The van der Waals surface area contributed by atoms with Crippen molar-refractivity contribution in [1.29, 1.82) is 0 Å². The summed E-state index contributed by atoms with van der Waals surface area (Å²) in [4.78, 5) is 6.77. The minimum Gasteiger partial charge on any atom is -0.454 e. The molecule has 0 radical (unpaired) electrons. The summed E-state index contributed by atoms with van der Waals surface area (Å²) in [6.07, 6.45) is 4.96. The van der Waals surface area contributed by atoms with E-state index in [9.17, 15) is 5.11 Å². The lowest BCUT2D eigenvalue weighted by Crippen LogP contribution is -2.36. The predicted octanol–water partition coefficient (Wildman–Crippen LogP) is 2.09. The molecule has 0 saturated carbocycles. The molecule has 1 saturated heterocycles. The van der Waals surface area contributed by atoms with Crippen molar-refractivity contribution in [3.63, 3.8) is 0 Å². The van der Waals surface area contributed by atoms with E-state index in [4.69, 9.17) is 9.47 Å². The van der Waals surface area contributed by atoms with E-state index in [0.717, 1.165) is 60.0 Å². The van der Waals surface area contributed by atoms with Crippen molar-refractivity contribution in [3.05, 3.63) is 36.7 Å². The van der Waals surface area contributed by atoms with E-state index in [1.165, 1.54) is 0 Å². The number of hydrogen-bond acceptors (Lipinski definition) is 6. The van der Waals surface area contributed by atoms with Crippen molar-refractivity contribution < 1.29 is 14.6 Å². The number of anilines is 1. The molecule has 0 atom stereocenters. The molecule has 2 aliphatic heterocycles. The third-order valence-corrected chi connectivity index (χ3v) is 4.80. The smallest absolute Gasteiger partial charge is 0.231 e. The highest BCUT2D eigenvalue weighted by Gasteiger charge is 2.21. The third kappa shape index (κ3) is 2.47. The van der Waals surface area contributed by atoms with Crippen LogP contribution in [0.2, 0.25) is 0 Å². The molecule has 2 aromatic heterocycles. The molecule has 7 nitrogen and oxygen atoms in total. The van der Waals surface area contributed by atoms with Gasteiger partial charge in [-0.25, -0.2) is 9.50 Å². The van der Waals surface area contributed by atoms with E-state index in [1.807, 2.05) is 35.0 Å². The zero-order chi connectivity index (χ0) is 16.8. The minimum atomic E-state index is -0.204. The Labute approximate surface area is 144 Å². The molecule has 0 spiro atoms. The van der Waals surface area contributed by atoms with Crippen LogP contribution in [-0.4, -0.2) is 45.7 Å². The van der Waals surface area contributed by atoms with E-state index >= 15 is 0 Å². The van der Waals surface area contributed by atoms with Gasteiger partial charge in [0, 0.05) is 31.0 Å². The first-order valence-electron chi connectivity index (χ1n) is 8.45. The van der Waals surface area contributed by atoms with Gasteiger partial charge in [0.05, 0.1) is 11.8 Å². The van der Waals surface area contributed by atoms with Crippen molar-refractivity contribution in [2.45, 2.75) is 18.9 Å². The standard InChI is InChI=1S/C18H18N4O3/c23-13-3-6-21(7-4-13)18-15-10-14(20-22(15)8-5-19-18)12-1-2-16-17(9-12)25-11-24-16/h1-2,5,8-10,13,23H,3-4,6-7,11H2. The summed E-state index contributed by atoms with van der Waals surface area (Å²) in [6.45, 7) is 1.87. The Morgan fingerprint density at radius 1 is 1.08 bits per heavy atom. The summed E-state index contributed by atoms with van der Waals surface area (Å²) in [7, 11) is 0. The van der Waals surface area contributed by atoms with E-state index in [2.05, 4.69) is 15.0 Å². The monoisotopic (exact) mass is 338 g/mol. The molecule has 7 heteroatoms. The van der Waals surface area contributed by atoms with Crippen LogP contribution in [0.1, 0.15) is 12.8 Å². The second-order valence-electron chi connectivity index (χ2n) is 6.40. The lowest BCUT2D eigenvalue weighted by atomic mass is 10.1. The summed E-state index contributed by atoms with van der Waals surface area (Å²) in [6, 6.07) is 7.89. The molecule has 5 rings (SSSR count). The topological polar surface area (TPSA) is 72.1 Å². The van der Waals surface area contributed by atoms with Crippen LogP contribution < -0.4 is 14.4 Å². The van der Waals surface area contributed by atoms with Crippen LogP contribution in [0.5, 0.6) is 11.5 Å². The van der Waals surface area contributed by atoms with Gasteiger partial charge in [0.25, 0.3) is 0 Å². The Morgan fingerprint density at radius 3 is 2.80 bits per heavy atom. The van der Waals surface area contributed by atoms with Gasteiger partial charge in [0.2, 0.25) is 6.79 Å². The van der Waals surface area contributed by atoms with Gasteiger partial charge in [-0.2, -0.15) is 5.10 Å². The Morgan fingerprint density at radius 2 is 1.92 bits per heavy atom. The summed E-state index contributed by atoms with van der Waals surface area (Å²) >= 11 is 0. The fourth-order valence-corrected chi connectivity index (χ4v) is 3.43. The first kappa shape index (κ1) is 14.5. The second-order valence-corrected chi connectivity index (χ2v) is 6.40. The minimum absolute atomic E-state index is 0.204. The molecule has 3 aromatic rings. The number of aliphatic hydroxyl groups excluding tert-OH is 1. The average molecular weight is 338 g/mol. The van der Waals surface area contributed by atoms with Gasteiger partial charge in [-0.1, -0.05) is 0 Å². The van der Waals surface area contributed by atoms with Crippen LogP contribution in [0, 0.1) is 0 Å². The first-order chi connectivity index (χ1) is 12.3. The zero-order valence-corrected chi connectivity index (χ0v) is 13.6. The van der Waals surface area contributed by atoms with Crippen LogP contribution in [0.25, 0.3) is 16.8 Å². The largest absolute Gasteiger partial charge is 0.454 e. The number of rotatable bonds is 2. The van der Waals surface area contributed by atoms with Crippen molar-refractivity contribution in [2.75, 3.05) is 24.8 Å². The highest BCUT2D eigenvalue weighted by atomic mass is 16.7. The fraction of sp³-hybridized carbons (Fsp3) is 0.333. The molecular formula is C18H18N4O3. The van der Waals surface area contributed by atoms with Gasteiger partial charge in [-0.3, -0.25) is 0 Å². The number of ether oxygens (including phenoxy) is 2. The number of piperidine rings is 1. The zero-order valence-electron chi connectivity index (χ0n) is 13.6. The van der Waals surface area contributed by atoms with Crippen molar-refractivity contribution >= 4 is 11.3 Å². The summed E-state index contributed by atoms with van der Waals surface area (Å²) in [5.74, 6) is 2.42. The molecule has 0 amide bonds. The first-order valence-corrected chi connectivity index (χ1v) is 8.45. The normalized spacial score (nSPS) is 17.4. The summed E-state index contributed by atoms with van der Waals surface area (Å²) < 4.78 is 12.7. The number of aliphatic hydroxyl groups is 1. The van der Waals surface area contributed by atoms with Gasteiger partial charge in [-0.15, -0.1) is 0 Å². The average Bonchev–Trinajstić information content (AvgIpc) is 3.28.